The van der Waals surface area contributed by atoms with E-state index in [1.807, 2.05) is 22.8 Å². The molecule has 1 aliphatic carbocycles. The number of rotatable bonds is 5. The van der Waals surface area contributed by atoms with Gasteiger partial charge in [0.15, 0.2) is 5.76 Å². The van der Waals surface area contributed by atoms with Gasteiger partial charge in [-0.15, -0.1) is 0 Å². The molecule has 0 bridgehead atoms. The van der Waals surface area contributed by atoms with Crippen LogP contribution in [-0.2, 0) is 16.1 Å². The molecule has 1 aromatic rings. The molecule has 1 atom stereocenters. The monoisotopic (exact) mass is 346 g/mol. The van der Waals surface area contributed by atoms with Gasteiger partial charge in [0.25, 0.3) is 0 Å². The van der Waals surface area contributed by atoms with Crippen LogP contribution in [0.4, 0.5) is 0 Å². The lowest BCUT2D eigenvalue weighted by Crippen LogP contribution is -2.50. The Morgan fingerprint density at radius 1 is 1.28 bits per heavy atom. The van der Waals surface area contributed by atoms with Gasteiger partial charge in [-0.25, -0.2) is 0 Å². The summed E-state index contributed by atoms with van der Waals surface area (Å²) in [7, 11) is 0. The predicted molar refractivity (Wildman–Crippen MR) is 90.5 cm³/mol. The normalized spacial score (nSPS) is 25.0. The van der Waals surface area contributed by atoms with E-state index in [9.17, 15) is 9.59 Å². The zero-order chi connectivity index (χ0) is 17.4. The van der Waals surface area contributed by atoms with Gasteiger partial charge in [0.05, 0.1) is 18.2 Å². The number of carbonyl (C=O) groups is 2. The van der Waals surface area contributed by atoms with Crippen molar-refractivity contribution in [3.8, 4) is 0 Å². The summed E-state index contributed by atoms with van der Waals surface area (Å²) in [6, 6.07) is 1.95. The highest BCUT2D eigenvalue weighted by Gasteiger charge is 2.39. The minimum absolute atomic E-state index is 0.144. The molecule has 2 saturated heterocycles. The zero-order valence-electron chi connectivity index (χ0n) is 14.8. The molecule has 3 aliphatic rings. The molecule has 0 spiro atoms. The third-order valence-corrected chi connectivity index (χ3v) is 5.48. The van der Waals surface area contributed by atoms with Gasteiger partial charge in [-0.2, -0.15) is 0 Å². The Kier molecular flexibility index (Phi) is 4.50. The predicted octanol–water partition coefficient (Wildman–Crippen LogP) is 0.886. The molecular weight excluding hydrogens is 320 g/mol. The Hall–Kier alpha value is -1.89. The van der Waals surface area contributed by atoms with E-state index < -0.39 is 0 Å². The summed E-state index contributed by atoms with van der Waals surface area (Å²) in [5, 5.41) is 3.91. The van der Waals surface area contributed by atoms with Crippen LogP contribution in [-0.4, -0.2) is 70.9 Å². The molecule has 0 unspecified atom stereocenters. The SMILES string of the molecule is Cc1cc(CN2CCN(C(=O)[C@@H]3CC(=O)N(CC4CC4)C3)CC2)on1. The van der Waals surface area contributed by atoms with Gasteiger partial charge in [-0.3, -0.25) is 14.5 Å². The fraction of sp³-hybridized carbons (Fsp3) is 0.722. The quantitative estimate of drug-likeness (QED) is 0.792. The van der Waals surface area contributed by atoms with Gasteiger partial charge in [0.2, 0.25) is 11.8 Å². The largest absolute Gasteiger partial charge is 0.360 e. The number of aromatic nitrogens is 1. The average Bonchev–Trinajstić information content (AvgIpc) is 3.22. The molecule has 0 radical (unpaired) electrons. The number of hydrogen-bond acceptors (Lipinski definition) is 5. The Bertz CT molecular complexity index is 647. The van der Waals surface area contributed by atoms with Crippen LogP contribution in [0.1, 0.15) is 30.7 Å². The number of carbonyl (C=O) groups excluding carboxylic acids is 2. The second-order valence-electron chi connectivity index (χ2n) is 7.68. The standard InChI is InChI=1S/C18H26N4O3/c1-13-8-16(25-19-13)12-20-4-6-21(7-5-20)18(24)15-9-17(23)22(11-15)10-14-2-3-14/h8,14-15H,2-7,9-12H2,1H3/t15-/m1/s1. The first kappa shape index (κ1) is 16.6. The maximum atomic E-state index is 12.8. The summed E-state index contributed by atoms with van der Waals surface area (Å²) in [6.45, 7) is 7.23. The van der Waals surface area contributed by atoms with E-state index in [4.69, 9.17) is 4.52 Å². The lowest BCUT2D eigenvalue weighted by Gasteiger charge is -2.35. The molecule has 2 aliphatic heterocycles. The van der Waals surface area contributed by atoms with Crippen molar-refractivity contribution < 1.29 is 14.1 Å². The molecule has 2 amide bonds. The number of hydrogen-bond donors (Lipinski definition) is 0. The van der Waals surface area contributed by atoms with Gasteiger partial charge in [-0.1, -0.05) is 5.16 Å². The molecule has 7 heteroatoms. The van der Waals surface area contributed by atoms with Crippen LogP contribution in [0.5, 0.6) is 0 Å². The van der Waals surface area contributed by atoms with E-state index in [-0.39, 0.29) is 17.7 Å². The Morgan fingerprint density at radius 2 is 2.04 bits per heavy atom. The van der Waals surface area contributed by atoms with Crippen LogP contribution in [0.15, 0.2) is 10.6 Å². The van der Waals surface area contributed by atoms with Crippen molar-refractivity contribution in [1.29, 1.82) is 0 Å². The second kappa shape index (κ2) is 6.78. The van der Waals surface area contributed by atoms with Gasteiger partial charge in [0.1, 0.15) is 0 Å². The van der Waals surface area contributed by atoms with Gasteiger partial charge < -0.3 is 14.3 Å². The minimum Gasteiger partial charge on any atom is -0.360 e. The Morgan fingerprint density at radius 3 is 2.68 bits per heavy atom. The first-order valence-electron chi connectivity index (χ1n) is 9.29. The van der Waals surface area contributed by atoms with E-state index in [0.29, 0.717) is 18.9 Å². The van der Waals surface area contributed by atoms with Crippen LogP contribution < -0.4 is 0 Å². The number of likely N-dealkylation sites (tertiary alicyclic amines) is 1. The molecule has 3 fully saturated rings. The maximum absolute atomic E-state index is 12.8. The van der Waals surface area contributed by atoms with Crippen LogP contribution in [0.25, 0.3) is 0 Å². The van der Waals surface area contributed by atoms with Crippen LogP contribution in [0.2, 0.25) is 0 Å². The van der Waals surface area contributed by atoms with Crippen LogP contribution in [0.3, 0.4) is 0 Å². The summed E-state index contributed by atoms with van der Waals surface area (Å²) >= 11 is 0. The highest BCUT2D eigenvalue weighted by Crippen LogP contribution is 2.32. The second-order valence-corrected chi connectivity index (χ2v) is 7.68. The molecule has 136 valence electrons. The van der Waals surface area contributed by atoms with Crippen molar-refractivity contribution in [3.05, 3.63) is 17.5 Å². The van der Waals surface area contributed by atoms with Gasteiger partial charge in [-0.05, 0) is 25.7 Å². The first-order valence-corrected chi connectivity index (χ1v) is 9.29. The van der Waals surface area contributed by atoms with Crippen molar-refractivity contribution in [2.75, 3.05) is 39.3 Å². The van der Waals surface area contributed by atoms with Crippen molar-refractivity contribution in [1.82, 2.24) is 19.9 Å². The fourth-order valence-corrected chi connectivity index (χ4v) is 3.82. The molecule has 0 N–H and O–H groups in total. The van der Waals surface area contributed by atoms with E-state index in [2.05, 4.69) is 10.1 Å². The summed E-state index contributed by atoms with van der Waals surface area (Å²) < 4.78 is 5.27. The number of amides is 2. The van der Waals surface area contributed by atoms with E-state index in [1.54, 1.807) is 0 Å². The van der Waals surface area contributed by atoms with Crippen LogP contribution in [0, 0.1) is 18.8 Å². The summed E-state index contributed by atoms with van der Waals surface area (Å²) in [6.07, 6.45) is 2.85. The first-order chi connectivity index (χ1) is 12.1. The summed E-state index contributed by atoms with van der Waals surface area (Å²) in [5.74, 6) is 1.72. The topological polar surface area (TPSA) is 69.9 Å². The zero-order valence-corrected chi connectivity index (χ0v) is 14.8. The molecule has 7 nitrogen and oxygen atoms in total. The minimum atomic E-state index is -0.144. The summed E-state index contributed by atoms with van der Waals surface area (Å²) in [5.41, 5.74) is 0.894. The number of aryl methyl sites for hydroxylation is 1. The van der Waals surface area contributed by atoms with Crippen molar-refractivity contribution in [2.24, 2.45) is 11.8 Å². The lowest BCUT2D eigenvalue weighted by atomic mass is 10.1. The van der Waals surface area contributed by atoms with E-state index in [1.165, 1.54) is 12.8 Å². The Labute approximate surface area is 147 Å². The van der Waals surface area contributed by atoms with E-state index in [0.717, 1.165) is 50.7 Å². The molecular formula is C18H26N4O3. The molecule has 1 saturated carbocycles. The highest BCUT2D eigenvalue weighted by atomic mass is 16.5. The smallest absolute Gasteiger partial charge is 0.228 e. The average molecular weight is 346 g/mol. The number of piperazine rings is 1. The summed E-state index contributed by atoms with van der Waals surface area (Å²) in [4.78, 5) is 31.0. The van der Waals surface area contributed by atoms with Gasteiger partial charge >= 0.3 is 0 Å². The highest BCUT2D eigenvalue weighted by molar-refractivity contribution is 5.89. The van der Waals surface area contributed by atoms with Crippen LogP contribution >= 0.6 is 0 Å². The Balaban J connectivity index is 1.25. The van der Waals surface area contributed by atoms with Crippen molar-refractivity contribution in [2.45, 2.75) is 32.7 Å². The van der Waals surface area contributed by atoms with Crippen molar-refractivity contribution >= 4 is 11.8 Å². The lowest BCUT2D eigenvalue weighted by molar-refractivity contribution is -0.137. The molecule has 4 rings (SSSR count). The third kappa shape index (κ3) is 3.86. The molecule has 1 aromatic heterocycles. The molecule has 3 heterocycles. The fourth-order valence-electron chi connectivity index (χ4n) is 3.82. The van der Waals surface area contributed by atoms with Gasteiger partial charge in [0, 0.05) is 51.8 Å². The third-order valence-electron chi connectivity index (χ3n) is 5.48. The molecule has 25 heavy (non-hydrogen) atoms. The maximum Gasteiger partial charge on any atom is 0.228 e. The van der Waals surface area contributed by atoms with Crippen molar-refractivity contribution in [3.63, 3.8) is 0 Å². The molecule has 0 aromatic carbocycles. The van der Waals surface area contributed by atoms with E-state index >= 15 is 0 Å². The number of nitrogens with zero attached hydrogens (tertiary/aromatic N) is 4.